The first-order chi connectivity index (χ1) is 10.0. The number of amides is 1. The molecule has 0 aromatic carbocycles. The molecule has 1 rings (SSSR count). The van der Waals surface area contributed by atoms with E-state index in [9.17, 15) is 4.79 Å². The molecule has 1 saturated carbocycles. The quantitative estimate of drug-likeness (QED) is 0.688. The number of ether oxygens (including phenoxy) is 1. The number of hydrogen-bond donors (Lipinski definition) is 2. The Bertz CT molecular complexity index is 297. The summed E-state index contributed by atoms with van der Waals surface area (Å²) in [6.45, 7) is 7.94. The van der Waals surface area contributed by atoms with Gasteiger partial charge in [-0.1, -0.05) is 33.6 Å². The minimum absolute atomic E-state index is 0.0147. The topological polar surface area (TPSA) is 64.3 Å². The summed E-state index contributed by atoms with van der Waals surface area (Å²) in [4.78, 5) is 11.8. The summed E-state index contributed by atoms with van der Waals surface area (Å²) in [7, 11) is 0. The van der Waals surface area contributed by atoms with Crippen LogP contribution in [0.15, 0.2) is 0 Å². The first-order valence-electron chi connectivity index (χ1n) is 8.62. The average molecular weight is 298 g/mol. The van der Waals surface area contributed by atoms with E-state index in [-0.39, 0.29) is 18.1 Å². The minimum atomic E-state index is -0.264. The fraction of sp³-hybridized carbons (Fsp3) is 0.941. The number of carbonyl (C=O) groups is 1. The van der Waals surface area contributed by atoms with Crippen LogP contribution in [-0.2, 0) is 9.53 Å². The van der Waals surface area contributed by atoms with E-state index in [1.54, 1.807) is 0 Å². The molecule has 0 unspecified atom stereocenters. The third-order valence-electron chi connectivity index (χ3n) is 4.64. The number of nitrogens with one attached hydrogen (secondary N) is 1. The summed E-state index contributed by atoms with van der Waals surface area (Å²) in [5.74, 6) is 1.41. The number of rotatable bonds is 9. The molecule has 21 heavy (non-hydrogen) atoms. The van der Waals surface area contributed by atoms with Crippen molar-refractivity contribution in [1.29, 1.82) is 0 Å². The van der Waals surface area contributed by atoms with Crippen molar-refractivity contribution in [3.05, 3.63) is 0 Å². The van der Waals surface area contributed by atoms with E-state index in [2.05, 4.69) is 26.1 Å². The second-order valence-corrected chi connectivity index (χ2v) is 6.94. The summed E-state index contributed by atoms with van der Waals surface area (Å²) in [6, 6.07) is 0. The molecule has 0 spiro atoms. The molecule has 4 heteroatoms. The molecular weight excluding hydrogens is 264 g/mol. The second kappa shape index (κ2) is 9.42. The van der Waals surface area contributed by atoms with Crippen LogP contribution in [0.2, 0.25) is 0 Å². The van der Waals surface area contributed by atoms with Gasteiger partial charge in [-0.2, -0.15) is 0 Å². The molecule has 1 aliphatic rings. The molecule has 1 aliphatic carbocycles. The van der Waals surface area contributed by atoms with Crippen LogP contribution in [0.4, 0.5) is 0 Å². The average Bonchev–Trinajstić information content (AvgIpc) is 2.47. The molecule has 0 aromatic rings. The van der Waals surface area contributed by atoms with Crippen LogP contribution in [0, 0.1) is 11.8 Å². The second-order valence-electron chi connectivity index (χ2n) is 6.94. The highest BCUT2D eigenvalue weighted by molar-refractivity contribution is 5.77. The molecule has 0 atom stereocenters. The molecule has 0 heterocycles. The van der Waals surface area contributed by atoms with E-state index in [0.29, 0.717) is 12.5 Å². The third-order valence-corrected chi connectivity index (χ3v) is 4.64. The van der Waals surface area contributed by atoms with Gasteiger partial charge in [-0.05, 0) is 43.9 Å². The van der Waals surface area contributed by atoms with Crippen molar-refractivity contribution >= 4 is 5.91 Å². The highest BCUT2D eigenvalue weighted by Gasteiger charge is 2.35. The van der Waals surface area contributed by atoms with Gasteiger partial charge in [0.05, 0.1) is 5.60 Å². The third kappa shape index (κ3) is 6.79. The SMILES string of the molecule is CCCC1CCC(CN)(OCC(=O)NCCC(C)C)CC1. The van der Waals surface area contributed by atoms with Crippen molar-refractivity contribution < 1.29 is 9.53 Å². The zero-order valence-corrected chi connectivity index (χ0v) is 14.1. The van der Waals surface area contributed by atoms with Gasteiger partial charge in [0.1, 0.15) is 6.61 Å². The lowest BCUT2D eigenvalue weighted by Crippen LogP contribution is -2.46. The van der Waals surface area contributed by atoms with Crippen LogP contribution in [0.5, 0.6) is 0 Å². The Morgan fingerprint density at radius 1 is 1.38 bits per heavy atom. The summed E-state index contributed by atoms with van der Waals surface area (Å²) in [5, 5.41) is 2.92. The van der Waals surface area contributed by atoms with Crippen LogP contribution < -0.4 is 11.1 Å². The van der Waals surface area contributed by atoms with Crippen LogP contribution in [0.25, 0.3) is 0 Å². The molecule has 124 valence electrons. The predicted octanol–water partition coefficient (Wildman–Crippen LogP) is 2.85. The number of nitrogens with two attached hydrogens (primary N) is 1. The fourth-order valence-corrected chi connectivity index (χ4v) is 3.08. The number of carbonyl (C=O) groups excluding carboxylic acids is 1. The van der Waals surface area contributed by atoms with Crippen LogP contribution in [0.1, 0.15) is 65.7 Å². The van der Waals surface area contributed by atoms with Gasteiger partial charge in [-0.15, -0.1) is 0 Å². The molecule has 0 aromatic heterocycles. The summed E-state index contributed by atoms with van der Waals surface area (Å²) in [6.07, 6.45) is 7.91. The van der Waals surface area contributed by atoms with Crippen LogP contribution >= 0.6 is 0 Å². The molecule has 0 radical (unpaired) electrons. The fourth-order valence-electron chi connectivity index (χ4n) is 3.08. The predicted molar refractivity (Wildman–Crippen MR) is 87.1 cm³/mol. The summed E-state index contributed by atoms with van der Waals surface area (Å²) in [5.41, 5.74) is 5.66. The van der Waals surface area contributed by atoms with E-state index in [0.717, 1.165) is 31.7 Å². The largest absolute Gasteiger partial charge is 0.364 e. The Morgan fingerprint density at radius 3 is 2.57 bits per heavy atom. The highest BCUT2D eigenvalue weighted by Crippen LogP contribution is 2.36. The van der Waals surface area contributed by atoms with Crippen LogP contribution in [0.3, 0.4) is 0 Å². The monoisotopic (exact) mass is 298 g/mol. The molecule has 3 N–H and O–H groups in total. The smallest absolute Gasteiger partial charge is 0.246 e. The zero-order chi connectivity index (χ0) is 15.7. The minimum Gasteiger partial charge on any atom is -0.364 e. The van der Waals surface area contributed by atoms with Gasteiger partial charge in [0.25, 0.3) is 0 Å². The molecular formula is C17H34N2O2. The van der Waals surface area contributed by atoms with Crippen molar-refractivity contribution in [2.45, 2.75) is 71.3 Å². The maximum absolute atomic E-state index is 11.8. The van der Waals surface area contributed by atoms with Crippen molar-refractivity contribution in [3.8, 4) is 0 Å². The highest BCUT2D eigenvalue weighted by atomic mass is 16.5. The zero-order valence-electron chi connectivity index (χ0n) is 14.1. The lowest BCUT2D eigenvalue weighted by atomic mass is 9.77. The maximum atomic E-state index is 11.8. The van der Waals surface area contributed by atoms with Crippen molar-refractivity contribution in [2.75, 3.05) is 19.7 Å². The van der Waals surface area contributed by atoms with Gasteiger partial charge in [-0.25, -0.2) is 0 Å². The molecule has 0 bridgehead atoms. The Labute approximate surface area is 130 Å². The van der Waals surface area contributed by atoms with Crippen molar-refractivity contribution in [2.24, 2.45) is 17.6 Å². The van der Waals surface area contributed by atoms with Gasteiger partial charge in [0.2, 0.25) is 5.91 Å². The summed E-state index contributed by atoms with van der Waals surface area (Å²) >= 11 is 0. The Balaban J connectivity index is 2.29. The van der Waals surface area contributed by atoms with E-state index >= 15 is 0 Å². The van der Waals surface area contributed by atoms with Gasteiger partial charge < -0.3 is 15.8 Å². The standard InChI is InChI=1S/C17H34N2O2/c1-4-5-15-6-9-17(13-18,10-7-15)21-12-16(20)19-11-8-14(2)3/h14-15H,4-13,18H2,1-3H3,(H,19,20). The first-order valence-corrected chi connectivity index (χ1v) is 8.62. The van der Waals surface area contributed by atoms with Gasteiger partial charge in [0.15, 0.2) is 0 Å². The lowest BCUT2D eigenvalue weighted by molar-refractivity contribution is -0.136. The van der Waals surface area contributed by atoms with Gasteiger partial charge in [0, 0.05) is 13.1 Å². The first kappa shape index (κ1) is 18.4. The van der Waals surface area contributed by atoms with Crippen molar-refractivity contribution in [3.63, 3.8) is 0 Å². The molecule has 0 saturated heterocycles. The normalized spacial score (nSPS) is 26.0. The van der Waals surface area contributed by atoms with Gasteiger partial charge >= 0.3 is 0 Å². The molecule has 0 aliphatic heterocycles. The van der Waals surface area contributed by atoms with E-state index in [4.69, 9.17) is 10.5 Å². The lowest BCUT2D eigenvalue weighted by Gasteiger charge is -2.39. The van der Waals surface area contributed by atoms with Crippen LogP contribution in [-0.4, -0.2) is 31.2 Å². The molecule has 1 amide bonds. The Morgan fingerprint density at radius 2 is 2.05 bits per heavy atom. The Kier molecular flexibility index (Phi) is 8.27. The van der Waals surface area contributed by atoms with E-state index in [1.807, 2.05) is 0 Å². The Hall–Kier alpha value is -0.610. The van der Waals surface area contributed by atoms with E-state index < -0.39 is 0 Å². The van der Waals surface area contributed by atoms with Gasteiger partial charge in [-0.3, -0.25) is 4.79 Å². The van der Waals surface area contributed by atoms with Crippen molar-refractivity contribution in [1.82, 2.24) is 5.32 Å². The number of hydrogen-bond acceptors (Lipinski definition) is 3. The summed E-state index contributed by atoms with van der Waals surface area (Å²) < 4.78 is 5.93. The molecule has 1 fully saturated rings. The maximum Gasteiger partial charge on any atom is 0.246 e. The van der Waals surface area contributed by atoms with E-state index in [1.165, 1.54) is 25.7 Å². The molecule has 4 nitrogen and oxygen atoms in total.